The minimum atomic E-state index is -2.08. The molecule has 3 aromatic heterocycles. The molecule has 7 heteroatoms. The molecular formula is C20H14N4O2Os. The molecule has 0 saturated carbocycles. The van der Waals surface area contributed by atoms with Gasteiger partial charge in [0, 0.05) is 22.1 Å². The summed E-state index contributed by atoms with van der Waals surface area (Å²) < 4.78 is 17.0. The van der Waals surface area contributed by atoms with Gasteiger partial charge < -0.3 is 9.97 Å². The monoisotopic (exact) mass is 534 g/mol. The SMILES string of the molecule is C1=Cc2cc3ccc(cc4ccc(cc5nc(cc1n2)C=C5)[nH]4)[nH]3.[O]=[Os]=[O]. The van der Waals surface area contributed by atoms with Gasteiger partial charge in [-0.3, -0.25) is 0 Å². The van der Waals surface area contributed by atoms with E-state index in [1.807, 2.05) is 42.5 Å². The van der Waals surface area contributed by atoms with Crippen LogP contribution in [0.3, 0.4) is 0 Å². The quantitative estimate of drug-likeness (QED) is 0.309. The van der Waals surface area contributed by atoms with Crippen molar-refractivity contribution >= 4 is 46.4 Å². The van der Waals surface area contributed by atoms with E-state index in [0.29, 0.717) is 0 Å². The van der Waals surface area contributed by atoms with Crippen LogP contribution in [-0.2, 0) is 24.4 Å². The average molecular weight is 533 g/mol. The number of aromatic amines is 2. The molecule has 8 bridgehead atoms. The summed E-state index contributed by atoms with van der Waals surface area (Å²) in [5.74, 6) is 0. The molecular weight excluding hydrogens is 518 g/mol. The zero-order valence-corrected chi connectivity index (χ0v) is 16.5. The van der Waals surface area contributed by atoms with Gasteiger partial charge in [-0.2, -0.15) is 0 Å². The first-order valence-corrected chi connectivity index (χ1v) is 10.2. The standard InChI is InChI=1S/C20H14N4.2O.Os/c1-2-14-10-16-5-6-18(23-16)12-20-8-7-19(24-20)11-17-4-3-15(22-17)9-13(1)21-14;;;/h1-12,21-22H;;;. The number of fused-ring (bicyclic) bond motifs is 8. The maximum atomic E-state index is 8.51. The van der Waals surface area contributed by atoms with Gasteiger partial charge >= 0.3 is 24.4 Å². The average Bonchev–Trinajstić information content (AvgIpc) is 3.41. The van der Waals surface area contributed by atoms with E-state index in [-0.39, 0.29) is 0 Å². The molecule has 6 nitrogen and oxygen atoms in total. The Bertz CT molecular complexity index is 1170. The first-order chi connectivity index (χ1) is 13.2. The Labute approximate surface area is 162 Å². The third-order valence-corrected chi connectivity index (χ3v) is 4.04. The van der Waals surface area contributed by atoms with E-state index in [1.54, 1.807) is 0 Å². The molecule has 2 aliphatic heterocycles. The molecule has 0 unspecified atom stereocenters. The van der Waals surface area contributed by atoms with Gasteiger partial charge in [-0.15, -0.1) is 0 Å². The molecule has 134 valence electrons. The molecule has 3 aromatic rings. The van der Waals surface area contributed by atoms with Crippen LogP contribution in [0, 0.1) is 0 Å². The maximum absolute atomic E-state index is 8.51. The Balaban J connectivity index is 0.000000565. The van der Waals surface area contributed by atoms with Crippen LogP contribution >= 0.6 is 0 Å². The van der Waals surface area contributed by atoms with E-state index >= 15 is 0 Å². The Morgan fingerprint density at radius 1 is 0.556 bits per heavy atom. The number of H-pyrrole nitrogens is 2. The van der Waals surface area contributed by atoms with Crippen LogP contribution in [0.15, 0.2) is 48.5 Å². The molecule has 2 aliphatic rings. The molecule has 0 fully saturated rings. The van der Waals surface area contributed by atoms with Crippen molar-refractivity contribution in [2.45, 2.75) is 0 Å². The molecule has 0 aromatic carbocycles. The topological polar surface area (TPSA) is 91.5 Å². The van der Waals surface area contributed by atoms with Crippen molar-refractivity contribution in [3.8, 4) is 0 Å². The third kappa shape index (κ3) is 4.16. The summed E-state index contributed by atoms with van der Waals surface area (Å²) in [6.45, 7) is 0. The van der Waals surface area contributed by atoms with Crippen LogP contribution in [0.5, 0.6) is 0 Å². The van der Waals surface area contributed by atoms with Crippen molar-refractivity contribution in [2.75, 3.05) is 0 Å². The van der Waals surface area contributed by atoms with E-state index in [0.717, 1.165) is 44.8 Å². The molecule has 0 saturated heterocycles. The molecule has 0 radical (unpaired) electrons. The Kier molecular flexibility index (Phi) is 4.86. The molecule has 0 aliphatic carbocycles. The van der Waals surface area contributed by atoms with Crippen molar-refractivity contribution in [3.63, 3.8) is 0 Å². The van der Waals surface area contributed by atoms with Crippen molar-refractivity contribution in [2.24, 2.45) is 0 Å². The first kappa shape index (κ1) is 17.3. The Morgan fingerprint density at radius 2 is 0.889 bits per heavy atom. The number of hydrogen-bond acceptors (Lipinski definition) is 4. The van der Waals surface area contributed by atoms with Crippen molar-refractivity contribution in [3.05, 3.63) is 71.3 Å². The molecule has 0 spiro atoms. The van der Waals surface area contributed by atoms with Gasteiger partial charge in [-0.05, 0) is 72.8 Å². The second-order valence-corrected chi connectivity index (χ2v) is 6.39. The molecule has 27 heavy (non-hydrogen) atoms. The minimum absolute atomic E-state index is 0.915. The second-order valence-electron chi connectivity index (χ2n) is 5.96. The number of nitrogens with zero attached hydrogens (tertiary/aromatic N) is 2. The van der Waals surface area contributed by atoms with Crippen molar-refractivity contribution in [1.82, 2.24) is 19.9 Å². The van der Waals surface area contributed by atoms with Crippen LogP contribution in [-0.4, -0.2) is 19.9 Å². The van der Waals surface area contributed by atoms with E-state index in [2.05, 4.69) is 50.3 Å². The number of rotatable bonds is 0. The van der Waals surface area contributed by atoms with Crippen molar-refractivity contribution < 1.29 is 24.4 Å². The predicted molar refractivity (Wildman–Crippen MR) is 100 cm³/mol. The summed E-state index contributed by atoms with van der Waals surface area (Å²) in [4.78, 5) is 16.0. The van der Waals surface area contributed by atoms with Gasteiger partial charge in [0.25, 0.3) is 0 Å². The van der Waals surface area contributed by atoms with Gasteiger partial charge in [0.15, 0.2) is 0 Å². The fourth-order valence-corrected chi connectivity index (χ4v) is 2.94. The zero-order valence-electron chi connectivity index (χ0n) is 14.0. The van der Waals surface area contributed by atoms with Gasteiger partial charge in [0.2, 0.25) is 0 Å². The van der Waals surface area contributed by atoms with Gasteiger partial charge in [0.1, 0.15) is 0 Å². The van der Waals surface area contributed by atoms with E-state index in [4.69, 9.17) is 7.08 Å². The van der Waals surface area contributed by atoms with Crippen LogP contribution < -0.4 is 0 Å². The summed E-state index contributed by atoms with van der Waals surface area (Å²) in [7, 11) is 0. The third-order valence-electron chi connectivity index (χ3n) is 4.04. The molecule has 0 atom stereocenters. The van der Waals surface area contributed by atoms with E-state index in [1.165, 1.54) is 0 Å². The summed E-state index contributed by atoms with van der Waals surface area (Å²) >= 11 is -2.08. The summed E-state index contributed by atoms with van der Waals surface area (Å²) in [5, 5.41) is 0. The van der Waals surface area contributed by atoms with E-state index < -0.39 is 17.3 Å². The molecule has 0 amide bonds. The first-order valence-electron chi connectivity index (χ1n) is 8.14. The van der Waals surface area contributed by atoms with Crippen LogP contribution in [0.4, 0.5) is 0 Å². The van der Waals surface area contributed by atoms with Crippen LogP contribution in [0.2, 0.25) is 0 Å². The number of hydrogen-bond donors (Lipinski definition) is 2. The molecule has 5 heterocycles. The van der Waals surface area contributed by atoms with Gasteiger partial charge in [0.05, 0.1) is 22.8 Å². The number of aromatic nitrogens is 4. The van der Waals surface area contributed by atoms with Gasteiger partial charge in [-0.1, -0.05) is 0 Å². The Morgan fingerprint density at radius 3 is 1.30 bits per heavy atom. The Hall–Kier alpha value is -3.16. The van der Waals surface area contributed by atoms with Crippen LogP contribution in [0.1, 0.15) is 22.8 Å². The second kappa shape index (κ2) is 7.61. The molecule has 2 N–H and O–H groups in total. The van der Waals surface area contributed by atoms with Crippen molar-refractivity contribution in [1.29, 1.82) is 0 Å². The zero-order chi connectivity index (χ0) is 18.6. The fraction of sp³-hybridized carbons (Fsp3) is 0. The summed E-state index contributed by atoms with van der Waals surface area (Å²) in [6.07, 6.45) is 8.05. The molecule has 5 rings (SSSR count). The summed E-state index contributed by atoms with van der Waals surface area (Å²) in [6, 6.07) is 16.4. The fourth-order valence-electron chi connectivity index (χ4n) is 2.94. The number of nitrogens with one attached hydrogen (secondary N) is 2. The van der Waals surface area contributed by atoms with Crippen LogP contribution in [0.25, 0.3) is 46.4 Å². The summed E-state index contributed by atoms with van der Waals surface area (Å²) in [5.41, 5.74) is 7.86. The van der Waals surface area contributed by atoms with E-state index in [9.17, 15) is 0 Å². The van der Waals surface area contributed by atoms with Gasteiger partial charge in [-0.25, -0.2) is 9.97 Å². The predicted octanol–water partition coefficient (Wildman–Crippen LogP) is 4.42. The normalized spacial score (nSPS) is 11.9.